The van der Waals surface area contributed by atoms with E-state index >= 15 is 0 Å². The van der Waals surface area contributed by atoms with Crippen LogP contribution in [0.1, 0.15) is 49.9 Å². The molecule has 2 atom stereocenters. The first-order chi connectivity index (χ1) is 29.1. The van der Waals surface area contributed by atoms with E-state index < -0.39 is 0 Å². The normalized spacial score (nSPS) is 16.1. The second kappa shape index (κ2) is 16.9. The van der Waals surface area contributed by atoms with Gasteiger partial charge in [-0.2, -0.15) is 0 Å². The number of ether oxygens (including phenoxy) is 4. The molecule has 310 valence electrons. The monoisotopic (exact) mass is 810 g/mol. The third-order valence-corrected chi connectivity index (χ3v) is 11.5. The Kier molecular flexibility index (Phi) is 11.3. The van der Waals surface area contributed by atoms with Crippen molar-refractivity contribution in [2.24, 2.45) is 0 Å². The quantitative estimate of drug-likeness (QED) is 0.118. The molecule has 3 aliphatic heterocycles. The number of anilines is 5. The Hall–Kier alpha value is -6.73. The average molecular weight is 811 g/mol. The van der Waals surface area contributed by atoms with E-state index in [4.69, 9.17) is 18.9 Å². The molecule has 13 heteroatoms. The van der Waals surface area contributed by atoms with Crippen molar-refractivity contribution in [1.82, 2.24) is 5.32 Å². The Morgan fingerprint density at radius 1 is 0.800 bits per heavy atom. The summed E-state index contributed by atoms with van der Waals surface area (Å²) in [5.41, 5.74) is 8.59. The third kappa shape index (κ3) is 7.52. The molecule has 0 radical (unpaired) electrons. The van der Waals surface area contributed by atoms with Gasteiger partial charge < -0.3 is 49.6 Å². The molecule has 8 rings (SSSR count). The van der Waals surface area contributed by atoms with Crippen LogP contribution in [0.25, 0.3) is 0 Å². The van der Waals surface area contributed by atoms with Crippen molar-refractivity contribution in [1.29, 1.82) is 0 Å². The fourth-order valence-electron chi connectivity index (χ4n) is 8.47. The summed E-state index contributed by atoms with van der Waals surface area (Å²) in [7, 11) is 8.32. The number of para-hydroxylation sites is 2. The number of nitrogens with zero attached hydrogens (tertiary/aromatic N) is 3. The van der Waals surface area contributed by atoms with E-state index in [0.717, 1.165) is 46.5 Å². The van der Waals surface area contributed by atoms with Crippen LogP contribution in [-0.4, -0.2) is 78.3 Å². The largest absolute Gasteiger partial charge is 0.493 e. The number of benzene rings is 5. The second-order valence-electron chi connectivity index (χ2n) is 15.3. The number of hydrogen-bond acceptors (Lipinski definition) is 10. The van der Waals surface area contributed by atoms with E-state index in [0.29, 0.717) is 57.7 Å². The number of carbonyl (C=O) groups excluding carboxylic acids is 3. The van der Waals surface area contributed by atoms with Gasteiger partial charge >= 0.3 is 0 Å². The summed E-state index contributed by atoms with van der Waals surface area (Å²) in [6.07, 6.45) is 1.56. The van der Waals surface area contributed by atoms with Crippen LogP contribution in [0, 0.1) is 0 Å². The molecule has 60 heavy (non-hydrogen) atoms. The van der Waals surface area contributed by atoms with Gasteiger partial charge in [-0.1, -0.05) is 36.4 Å². The van der Waals surface area contributed by atoms with Crippen LogP contribution in [0.15, 0.2) is 91.0 Å². The molecule has 0 fully saturated rings. The minimum Gasteiger partial charge on any atom is -0.493 e. The molecule has 0 saturated carbocycles. The number of carbonyl (C=O) groups is 3. The Morgan fingerprint density at radius 3 is 2.10 bits per heavy atom. The lowest BCUT2D eigenvalue weighted by Crippen LogP contribution is -2.39. The third-order valence-electron chi connectivity index (χ3n) is 11.5. The maximum absolute atomic E-state index is 14.1. The average Bonchev–Trinajstić information content (AvgIpc) is 3.78. The topological polar surface area (TPSA) is 134 Å². The minimum absolute atomic E-state index is 0.000483. The van der Waals surface area contributed by atoms with Gasteiger partial charge in [0.25, 0.3) is 11.8 Å². The van der Waals surface area contributed by atoms with Crippen LogP contribution >= 0.6 is 0 Å². The molecule has 0 aromatic heterocycles. The second-order valence-corrected chi connectivity index (χ2v) is 15.3. The van der Waals surface area contributed by atoms with Gasteiger partial charge in [0.1, 0.15) is 13.2 Å². The molecule has 5 aromatic rings. The van der Waals surface area contributed by atoms with Gasteiger partial charge in [-0.15, -0.1) is 0 Å². The predicted molar refractivity (Wildman–Crippen MR) is 234 cm³/mol. The summed E-state index contributed by atoms with van der Waals surface area (Å²) < 4.78 is 24.4. The molecule has 0 bridgehead atoms. The number of hydrogen-bond donors (Lipinski definition) is 3. The molecule has 3 N–H and O–H groups in total. The predicted octanol–water partition coefficient (Wildman–Crippen LogP) is 6.67. The molecule has 0 spiro atoms. The van der Waals surface area contributed by atoms with Crippen molar-refractivity contribution < 1.29 is 33.3 Å². The van der Waals surface area contributed by atoms with Crippen molar-refractivity contribution >= 4 is 46.2 Å². The lowest BCUT2D eigenvalue weighted by atomic mass is 10.1. The molecule has 13 nitrogen and oxygen atoms in total. The standard InChI is InChI=1S/C47H50N6O7/c1-28-15-31-11-7-9-13-39(31)52(28)46(55)35-20-41(57-5)43(22-37(35)49-3)59-26-29-16-30(18-33(17-29)51(4)45(54)25-48-2)27-60-44-23-38-36(21-42(44)58-6)47(56)53-34(24-50-38)19-32-12-8-10-14-40(32)53/h7-14,16-18,20-23,28,34,48-50H,15,19,24-27H2,1-6H3/t28-,34?/m1/s1. The minimum atomic E-state index is -0.132. The number of rotatable bonds is 13. The van der Waals surface area contributed by atoms with Gasteiger partial charge in [0, 0.05) is 55.9 Å². The van der Waals surface area contributed by atoms with Crippen molar-refractivity contribution in [3.63, 3.8) is 0 Å². The Labute approximate surface area is 350 Å². The van der Waals surface area contributed by atoms with Gasteiger partial charge in [-0.05, 0) is 91.5 Å². The van der Waals surface area contributed by atoms with Gasteiger partial charge in [0.15, 0.2) is 23.0 Å². The van der Waals surface area contributed by atoms with Crippen molar-refractivity contribution in [3.05, 3.63) is 124 Å². The molecule has 1 unspecified atom stereocenters. The van der Waals surface area contributed by atoms with E-state index in [9.17, 15) is 14.4 Å². The molecular formula is C47H50N6O7. The first-order valence-electron chi connectivity index (χ1n) is 20.1. The number of amides is 3. The molecule has 5 aromatic carbocycles. The Morgan fingerprint density at radius 2 is 1.43 bits per heavy atom. The fourth-order valence-corrected chi connectivity index (χ4v) is 8.47. The molecule has 3 aliphatic rings. The van der Waals surface area contributed by atoms with Crippen molar-refractivity contribution in [2.45, 2.75) is 45.1 Å². The molecular weight excluding hydrogens is 761 g/mol. The summed E-state index contributed by atoms with van der Waals surface area (Å²) in [6.45, 7) is 3.04. The Bertz CT molecular complexity index is 2470. The van der Waals surface area contributed by atoms with E-state index in [1.54, 1.807) is 58.5 Å². The first kappa shape index (κ1) is 40.1. The zero-order valence-electron chi connectivity index (χ0n) is 34.8. The number of fused-ring (bicyclic) bond motifs is 5. The maximum Gasteiger partial charge on any atom is 0.260 e. The molecule has 3 amide bonds. The first-order valence-corrected chi connectivity index (χ1v) is 20.1. The number of nitrogens with one attached hydrogen (secondary N) is 3. The molecule has 0 aliphatic carbocycles. The maximum atomic E-state index is 14.1. The van der Waals surface area contributed by atoms with E-state index in [1.807, 2.05) is 77.4 Å². The number of methoxy groups -OCH3 is 2. The van der Waals surface area contributed by atoms with Crippen LogP contribution < -0.4 is 49.6 Å². The van der Waals surface area contributed by atoms with E-state index in [-0.39, 0.29) is 49.6 Å². The van der Waals surface area contributed by atoms with Crippen LogP contribution in [-0.2, 0) is 30.8 Å². The molecule has 3 heterocycles. The number of likely N-dealkylation sites (N-methyl/N-ethyl adjacent to an activating group) is 2. The smallest absolute Gasteiger partial charge is 0.260 e. The lowest BCUT2D eigenvalue weighted by molar-refractivity contribution is -0.117. The van der Waals surface area contributed by atoms with Gasteiger partial charge in [0.05, 0.1) is 49.3 Å². The van der Waals surface area contributed by atoms with E-state index in [2.05, 4.69) is 28.1 Å². The molecule has 0 saturated heterocycles. The van der Waals surface area contributed by atoms with E-state index in [1.165, 1.54) is 0 Å². The summed E-state index contributed by atoms with van der Waals surface area (Å²) in [5, 5.41) is 9.60. The van der Waals surface area contributed by atoms with Crippen LogP contribution in [0.4, 0.5) is 28.4 Å². The van der Waals surface area contributed by atoms with Gasteiger partial charge in [-0.3, -0.25) is 14.4 Å². The van der Waals surface area contributed by atoms with Crippen molar-refractivity contribution in [2.75, 3.05) is 73.8 Å². The highest BCUT2D eigenvalue weighted by Crippen LogP contribution is 2.42. The van der Waals surface area contributed by atoms with Crippen molar-refractivity contribution in [3.8, 4) is 23.0 Å². The fraction of sp³-hybridized carbons (Fsp3) is 0.298. The highest BCUT2D eigenvalue weighted by atomic mass is 16.5. The highest BCUT2D eigenvalue weighted by Gasteiger charge is 2.38. The summed E-state index contributed by atoms with van der Waals surface area (Å²) in [5.74, 6) is 1.40. The van der Waals surface area contributed by atoms with Gasteiger partial charge in [0.2, 0.25) is 5.91 Å². The van der Waals surface area contributed by atoms with Crippen LogP contribution in [0.2, 0.25) is 0 Å². The van der Waals surface area contributed by atoms with Crippen LogP contribution in [0.5, 0.6) is 23.0 Å². The zero-order chi connectivity index (χ0) is 42.1. The summed E-state index contributed by atoms with van der Waals surface area (Å²) in [4.78, 5) is 46.4. The lowest BCUT2D eigenvalue weighted by Gasteiger charge is -2.25. The SMILES string of the molecule is CNCC(=O)N(C)c1cc(COc2cc3c(cc2OC)C(=O)N2c4ccccc4CC2CN3)cc(COc2cc(NC)c(C(=O)N3c4ccccc4C[C@H]3C)cc2OC)c1. The highest BCUT2D eigenvalue weighted by molar-refractivity contribution is 6.13. The zero-order valence-corrected chi connectivity index (χ0v) is 34.8. The van der Waals surface area contributed by atoms with Crippen LogP contribution in [0.3, 0.4) is 0 Å². The summed E-state index contributed by atoms with van der Waals surface area (Å²) in [6, 6.07) is 28.8. The summed E-state index contributed by atoms with van der Waals surface area (Å²) >= 11 is 0. The Balaban J connectivity index is 1.05. The van der Waals surface area contributed by atoms with Gasteiger partial charge in [-0.25, -0.2) is 0 Å².